The molecular weight excluding hydrogens is 222 g/mol. The summed E-state index contributed by atoms with van der Waals surface area (Å²) in [7, 11) is 1.60. The van der Waals surface area contributed by atoms with Crippen molar-refractivity contribution in [2.75, 3.05) is 32.9 Å². The van der Waals surface area contributed by atoms with Gasteiger partial charge in [0.1, 0.15) is 6.79 Å². The molecule has 0 atom stereocenters. The van der Waals surface area contributed by atoms with Crippen LogP contribution in [0.25, 0.3) is 0 Å². The summed E-state index contributed by atoms with van der Waals surface area (Å²) in [5, 5.41) is 0. The van der Waals surface area contributed by atoms with Crippen LogP contribution in [-0.2, 0) is 20.8 Å². The fourth-order valence-electron chi connectivity index (χ4n) is 1.31. The van der Waals surface area contributed by atoms with Crippen LogP contribution in [0.4, 0.5) is 5.69 Å². The third-order valence-corrected chi connectivity index (χ3v) is 2.20. The molecular formula is C12H17NO4. The number of nitrogen functional groups attached to an aromatic ring is 1. The van der Waals surface area contributed by atoms with Crippen LogP contribution in [0.1, 0.15) is 15.9 Å². The fourth-order valence-corrected chi connectivity index (χ4v) is 1.31. The molecule has 0 aliphatic carbocycles. The second-order valence-electron chi connectivity index (χ2n) is 3.41. The summed E-state index contributed by atoms with van der Waals surface area (Å²) in [4.78, 5) is 10.8. The van der Waals surface area contributed by atoms with Gasteiger partial charge in [-0.15, -0.1) is 0 Å². The number of carbonyl (C=O) groups excluding carboxylic acids is 1. The number of hydrogen-bond acceptors (Lipinski definition) is 5. The molecule has 0 aliphatic rings. The van der Waals surface area contributed by atoms with Crippen LogP contribution < -0.4 is 5.73 Å². The van der Waals surface area contributed by atoms with E-state index in [1.807, 2.05) is 0 Å². The predicted octanol–water partition coefficient (Wildman–Crippen LogP) is 1.22. The number of methoxy groups -OCH3 is 1. The lowest BCUT2D eigenvalue weighted by Gasteiger charge is -2.08. The molecule has 0 aliphatic heterocycles. The molecule has 0 amide bonds. The Morgan fingerprint density at radius 1 is 1.29 bits per heavy atom. The minimum absolute atomic E-state index is 0.163. The van der Waals surface area contributed by atoms with Gasteiger partial charge in [-0.3, -0.25) is 4.79 Å². The van der Waals surface area contributed by atoms with E-state index in [-0.39, 0.29) is 6.79 Å². The lowest BCUT2D eigenvalue weighted by atomic mass is 10.1. The maximum Gasteiger partial charge on any atom is 0.152 e. The van der Waals surface area contributed by atoms with Crippen LogP contribution >= 0.6 is 0 Å². The standard InChI is InChI=1S/C12H17NO4/c1-15-5-6-16-9-17-8-10-3-2-4-12(13)11(10)7-14/h2-4,7H,5-6,8-9,13H2,1H3. The summed E-state index contributed by atoms with van der Waals surface area (Å²) in [5.41, 5.74) is 7.36. The summed E-state index contributed by atoms with van der Waals surface area (Å²) in [5.74, 6) is 0. The molecule has 0 saturated heterocycles. The van der Waals surface area contributed by atoms with Gasteiger partial charge in [-0.1, -0.05) is 12.1 Å². The minimum atomic E-state index is 0.163. The summed E-state index contributed by atoms with van der Waals surface area (Å²) >= 11 is 0. The van der Waals surface area contributed by atoms with Gasteiger partial charge in [0.15, 0.2) is 6.29 Å². The van der Waals surface area contributed by atoms with Crippen molar-refractivity contribution in [3.63, 3.8) is 0 Å². The molecule has 0 radical (unpaired) electrons. The van der Waals surface area contributed by atoms with Crippen molar-refractivity contribution in [2.45, 2.75) is 6.61 Å². The maximum absolute atomic E-state index is 10.8. The monoisotopic (exact) mass is 239 g/mol. The third kappa shape index (κ3) is 4.52. The highest BCUT2D eigenvalue weighted by molar-refractivity contribution is 5.85. The number of nitrogens with two attached hydrogens (primary N) is 1. The van der Waals surface area contributed by atoms with E-state index in [4.69, 9.17) is 19.9 Å². The molecule has 2 N–H and O–H groups in total. The maximum atomic E-state index is 10.8. The summed E-state index contributed by atoms with van der Waals surface area (Å²) in [6.45, 7) is 1.47. The fraction of sp³-hybridized carbons (Fsp3) is 0.417. The van der Waals surface area contributed by atoms with Gasteiger partial charge in [0.25, 0.3) is 0 Å². The second-order valence-corrected chi connectivity index (χ2v) is 3.41. The second kappa shape index (κ2) is 7.78. The van der Waals surface area contributed by atoms with Crippen molar-refractivity contribution in [1.82, 2.24) is 0 Å². The quantitative estimate of drug-likeness (QED) is 0.319. The molecule has 17 heavy (non-hydrogen) atoms. The number of anilines is 1. The van der Waals surface area contributed by atoms with E-state index in [2.05, 4.69) is 0 Å². The van der Waals surface area contributed by atoms with E-state index >= 15 is 0 Å². The summed E-state index contributed by atoms with van der Waals surface area (Å²) in [6.07, 6.45) is 0.736. The van der Waals surface area contributed by atoms with Crippen molar-refractivity contribution in [3.05, 3.63) is 29.3 Å². The third-order valence-electron chi connectivity index (χ3n) is 2.20. The van der Waals surface area contributed by atoms with Crippen molar-refractivity contribution in [1.29, 1.82) is 0 Å². The Kier molecular flexibility index (Phi) is 6.24. The summed E-state index contributed by atoms with van der Waals surface area (Å²) < 4.78 is 15.2. The Morgan fingerprint density at radius 2 is 2.12 bits per heavy atom. The molecule has 0 spiro atoms. The molecule has 5 nitrogen and oxygen atoms in total. The van der Waals surface area contributed by atoms with Crippen LogP contribution in [0.5, 0.6) is 0 Å². The topological polar surface area (TPSA) is 70.8 Å². The van der Waals surface area contributed by atoms with Gasteiger partial charge in [0, 0.05) is 18.4 Å². The van der Waals surface area contributed by atoms with Crippen molar-refractivity contribution >= 4 is 12.0 Å². The van der Waals surface area contributed by atoms with Crippen LogP contribution in [0, 0.1) is 0 Å². The predicted molar refractivity (Wildman–Crippen MR) is 63.7 cm³/mol. The lowest BCUT2D eigenvalue weighted by Crippen LogP contribution is -2.07. The number of rotatable bonds is 8. The molecule has 0 unspecified atom stereocenters. The van der Waals surface area contributed by atoms with E-state index < -0.39 is 0 Å². The van der Waals surface area contributed by atoms with Crippen molar-refractivity contribution < 1.29 is 19.0 Å². The first kappa shape index (κ1) is 13.6. The van der Waals surface area contributed by atoms with Crippen LogP contribution in [0.15, 0.2) is 18.2 Å². The Labute approximate surface area is 100 Å². The van der Waals surface area contributed by atoms with E-state index in [1.165, 1.54) is 0 Å². The zero-order valence-electron chi connectivity index (χ0n) is 9.85. The molecule has 0 aromatic heterocycles. The first-order valence-corrected chi connectivity index (χ1v) is 5.26. The summed E-state index contributed by atoms with van der Waals surface area (Å²) in [6, 6.07) is 5.27. The highest BCUT2D eigenvalue weighted by Crippen LogP contribution is 2.15. The number of aldehydes is 1. The van der Waals surface area contributed by atoms with E-state index in [0.29, 0.717) is 31.1 Å². The minimum Gasteiger partial charge on any atom is -0.398 e. The number of benzene rings is 1. The molecule has 0 fully saturated rings. The van der Waals surface area contributed by atoms with Gasteiger partial charge in [-0.05, 0) is 11.6 Å². The van der Waals surface area contributed by atoms with Crippen LogP contribution in [0.2, 0.25) is 0 Å². The Hall–Kier alpha value is -1.43. The molecule has 1 rings (SSSR count). The van der Waals surface area contributed by atoms with Gasteiger partial charge in [-0.2, -0.15) is 0 Å². The normalized spacial score (nSPS) is 10.4. The molecule has 1 aromatic rings. The molecule has 94 valence electrons. The SMILES string of the molecule is COCCOCOCc1cccc(N)c1C=O. The van der Waals surface area contributed by atoms with Crippen molar-refractivity contribution in [2.24, 2.45) is 0 Å². The Bertz CT molecular complexity index is 354. The lowest BCUT2D eigenvalue weighted by molar-refractivity contribution is -0.0725. The Morgan fingerprint density at radius 3 is 2.82 bits per heavy atom. The average molecular weight is 239 g/mol. The van der Waals surface area contributed by atoms with E-state index in [9.17, 15) is 4.79 Å². The van der Waals surface area contributed by atoms with Gasteiger partial charge in [0.2, 0.25) is 0 Å². The highest BCUT2D eigenvalue weighted by atomic mass is 16.7. The first-order valence-electron chi connectivity index (χ1n) is 5.26. The largest absolute Gasteiger partial charge is 0.398 e. The average Bonchev–Trinajstić information content (AvgIpc) is 2.34. The van der Waals surface area contributed by atoms with E-state index in [0.717, 1.165) is 11.8 Å². The molecule has 0 bridgehead atoms. The first-order chi connectivity index (χ1) is 8.29. The zero-order chi connectivity index (χ0) is 12.5. The number of ether oxygens (including phenoxy) is 3. The number of carbonyl (C=O) groups is 1. The highest BCUT2D eigenvalue weighted by Gasteiger charge is 2.04. The van der Waals surface area contributed by atoms with Crippen molar-refractivity contribution in [3.8, 4) is 0 Å². The van der Waals surface area contributed by atoms with Gasteiger partial charge in [-0.25, -0.2) is 0 Å². The number of hydrogen-bond donors (Lipinski definition) is 1. The van der Waals surface area contributed by atoms with Crippen LogP contribution in [0.3, 0.4) is 0 Å². The van der Waals surface area contributed by atoms with Gasteiger partial charge >= 0.3 is 0 Å². The van der Waals surface area contributed by atoms with Gasteiger partial charge < -0.3 is 19.9 Å². The Balaban J connectivity index is 2.36. The molecule has 1 aromatic carbocycles. The van der Waals surface area contributed by atoms with Crippen LogP contribution in [-0.4, -0.2) is 33.4 Å². The smallest absolute Gasteiger partial charge is 0.152 e. The van der Waals surface area contributed by atoms with Gasteiger partial charge in [0.05, 0.1) is 19.8 Å². The molecule has 0 heterocycles. The molecule has 5 heteroatoms. The van der Waals surface area contributed by atoms with E-state index in [1.54, 1.807) is 25.3 Å². The zero-order valence-corrected chi connectivity index (χ0v) is 9.85. The molecule has 0 saturated carbocycles.